The number of carbonyl (C=O) groups excluding carboxylic acids is 4. The fourth-order valence-electron chi connectivity index (χ4n) is 27.8. The normalized spacial score (nSPS) is 51.2. The lowest BCUT2D eigenvalue weighted by molar-refractivity contribution is -0.390. The SMILES string of the molecule is O=C(NCCCN(CCCCCCN(CCCNC(=O)C1CCC2(CC1)OOC1(O2)C2CC3CC(C2)CC1C3)C(=O)C1CCC2(CC1)OOC1(O2)C2CC3CC(C2)CC1C3)C(=O)C1CCC2(CC1)OOC1(O2)C2CC3CC(C2)CC1C3)C1CCC2(CC1)OOC1(O2)C2CC3CC(C2)CC1C3. The number of unbranched alkanes of at least 4 members (excludes halogenated alkanes) is 3. The summed E-state index contributed by atoms with van der Waals surface area (Å²) >= 11 is 0. The van der Waals surface area contributed by atoms with Crippen molar-refractivity contribution < 1.29 is 77.2 Å². The summed E-state index contributed by atoms with van der Waals surface area (Å²) in [4.78, 5) is 112. The van der Waals surface area contributed by atoms with Gasteiger partial charge < -0.3 is 39.4 Å². The van der Waals surface area contributed by atoms with Gasteiger partial charge in [-0.2, -0.15) is 39.1 Å². The fourth-order valence-corrected chi connectivity index (χ4v) is 27.8. The van der Waals surface area contributed by atoms with Crippen molar-refractivity contribution in [3.63, 3.8) is 0 Å². The Balaban J connectivity index is 0.451. The van der Waals surface area contributed by atoms with Gasteiger partial charge in [0.05, 0.1) is 0 Å². The zero-order chi connectivity index (χ0) is 66.9. The molecule has 8 spiro atoms. The Labute approximate surface area is 592 Å². The van der Waals surface area contributed by atoms with Crippen molar-refractivity contribution in [2.24, 2.45) is 118 Å². The Kier molecular flexibility index (Phi) is 17.1. The van der Waals surface area contributed by atoms with Crippen LogP contribution in [-0.2, 0) is 77.2 Å². The molecule has 4 amide bonds. The van der Waals surface area contributed by atoms with Gasteiger partial charge in [0.2, 0.25) is 69.9 Å². The molecular weight excluding hydrogens is 1270 g/mol. The molecule has 0 aromatic rings. The molecular formula is C80H118N4O16. The third-order valence-corrected chi connectivity index (χ3v) is 32.2. The average Bonchev–Trinajstić information content (AvgIpc) is 1.45. The van der Waals surface area contributed by atoms with Gasteiger partial charge >= 0.3 is 0 Å². The van der Waals surface area contributed by atoms with E-state index in [0.717, 1.165) is 73.0 Å². The number of ether oxygens (including phenoxy) is 4. The first-order chi connectivity index (χ1) is 48.6. The van der Waals surface area contributed by atoms with Crippen LogP contribution in [0.4, 0.5) is 0 Å². The smallest absolute Gasteiger partial charge is 0.225 e. The molecule has 0 aromatic heterocycles. The lowest BCUT2D eigenvalue weighted by Crippen LogP contribution is -2.59. The highest BCUT2D eigenvalue weighted by molar-refractivity contribution is 5.80. The Morgan fingerprint density at radius 2 is 0.490 bits per heavy atom. The van der Waals surface area contributed by atoms with Gasteiger partial charge in [0.1, 0.15) is 0 Å². The van der Waals surface area contributed by atoms with Crippen molar-refractivity contribution in [3.8, 4) is 0 Å². The summed E-state index contributed by atoms with van der Waals surface area (Å²) in [6.07, 6.45) is 39.8. The number of hydrogen-bond donors (Lipinski definition) is 2. The first-order valence-corrected chi connectivity index (χ1v) is 42.1. The molecule has 24 rings (SSSR count). The molecule has 20 aliphatic carbocycles. The molecule has 4 aliphatic heterocycles. The maximum Gasteiger partial charge on any atom is 0.225 e. The maximum atomic E-state index is 14.9. The van der Waals surface area contributed by atoms with E-state index in [9.17, 15) is 19.2 Å². The van der Waals surface area contributed by atoms with Crippen LogP contribution in [-0.4, -0.2) is 119 Å². The summed E-state index contributed by atoms with van der Waals surface area (Å²) in [6, 6.07) is 0. The van der Waals surface area contributed by atoms with Crippen LogP contribution in [0.15, 0.2) is 0 Å². The first-order valence-electron chi connectivity index (χ1n) is 42.1. The van der Waals surface area contributed by atoms with E-state index in [1.54, 1.807) is 0 Å². The Morgan fingerprint density at radius 3 is 0.730 bits per heavy atom. The molecule has 0 unspecified atom stereocenters. The Bertz CT molecular complexity index is 2760. The van der Waals surface area contributed by atoms with E-state index in [2.05, 4.69) is 20.4 Å². The van der Waals surface area contributed by atoms with Crippen molar-refractivity contribution in [2.75, 3.05) is 39.3 Å². The number of carbonyl (C=O) groups is 4. The van der Waals surface area contributed by atoms with Gasteiger partial charge in [-0.05, 0) is 253 Å². The van der Waals surface area contributed by atoms with Crippen molar-refractivity contribution >= 4 is 23.6 Å². The third-order valence-electron chi connectivity index (χ3n) is 32.2. The molecule has 554 valence electrons. The van der Waals surface area contributed by atoms with Gasteiger partial charge in [-0.15, -0.1) is 0 Å². The van der Waals surface area contributed by atoms with Crippen LogP contribution in [0.3, 0.4) is 0 Å². The van der Waals surface area contributed by atoms with Gasteiger partial charge in [0.25, 0.3) is 0 Å². The van der Waals surface area contributed by atoms with E-state index in [1.807, 2.05) is 0 Å². The minimum absolute atomic E-state index is 0.0779. The highest BCUT2D eigenvalue weighted by Crippen LogP contribution is 2.69. The molecule has 4 saturated heterocycles. The molecule has 20 nitrogen and oxygen atoms in total. The van der Waals surface area contributed by atoms with Crippen LogP contribution in [0.1, 0.15) is 270 Å². The van der Waals surface area contributed by atoms with E-state index >= 15 is 0 Å². The van der Waals surface area contributed by atoms with Crippen LogP contribution >= 0.6 is 0 Å². The van der Waals surface area contributed by atoms with Crippen molar-refractivity contribution in [1.29, 1.82) is 0 Å². The average molecular weight is 1390 g/mol. The third kappa shape index (κ3) is 11.5. The molecule has 24 fully saturated rings. The minimum Gasteiger partial charge on any atom is -0.356 e. The van der Waals surface area contributed by atoms with Gasteiger partial charge in [-0.1, -0.05) is 12.8 Å². The highest BCUT2D eigenvalue weighted by atomic mass is 17.3. The second-order valence-corrected chi connectivity index (χ2v) is 38.3. The molecule has 20 heteroatoms. The van der Waals surface area contributed by atoms with Crippen LogP contribution in [0.25, 0.3) is 0 Å². The zero-order valence-electron chi connectivity index (χ0n) is 59.9. The molecule has 24 aliphatic rings. The van der Waals surface area contributed by atoms with Crippen LogP contribution < -0.4 is 10.6 Å². The zero-order valence-corrected chi connectivity index (χ0v) is 59.9. The molecule has 0 atom stereocenters. The van der Waals surface area contributed by atoms with E-state index in [1.165, 1.54) is 128 Å². The second kappa shape index (κ2) is 25.5. The van der Waals surface area contributed by atoms with E-state index < -0.39 is 46.3 Å². The lowest BCUT2D eigenvalue weighted by Gasteiger charge is -2.57. The minimum atomic E-state index is -0.790. The van der Waals surface area contributed by atoms with Crippen molar-refractivity contribution in [3.05, 3.63) is 0 Å². The standard InChI is InChI=1S/C80H118N4O16/c85-69(57-7-15-73(16-8-57)89-77(97-93-73)61-33-49-29-50(35-61)36-62(77)34-49)81-23-5-27-83(71(87)59-11-19-75(20-12-59)91-79(99-95-75)65-41-53-31-54(43-65)44-66(79)42-53)25-3-1-2-4-26-84(72(88)60-13-21-76(22-14-60)92-80(100-96-76)67-45-55-32-56(47-67)48-68(80)46-55)28-6-24-82-70(86)58-9-17-74(18-10-58)90-78(98-94-74)63-37-51-30-52(39-63)40-64(78)38-51/h49-68H,1-48H2,(H,81,85)(H,82,86). The fraction of sp³-hybridized carbons (Fsp3) is 0.950. The van der Waals surface area contributed by atoms with Gasteiger partial charge in [0.15, 0.2) is 0 Å². The quantitative estimate of drug-likeness (QED) is 0.0910. The summed E-state index contributed by atoms with van der Waals surface area (Å²) in [7, 11) is 0. The predicted octanol–water partition coefficient (Wildman–Crippen LogP) is 13.3. The summed E-state index contributed by atoms with van der Waals surface area (Å²) in [5.74, 6) is 4.04. The van der Waals surface area contributed by atoms with Gasteiger partial charge in [-0.3, -0.25) is 19.2 Å². The second-order valence-electron chi connectivity index (χ2n) is 38.3. The van der Waals surface area contributed by atoms with Gasteiger partial charge in [0, 0.05) is 162 Å². The molecule has 16 bridgehead atoms. The van der Waals surface area contributed by atoms with E-state index in [-0.39, 0.29) is 47.3 Å². The van der Waals surface area contributed by atoms with E-state index in [0.29, 0.717) is 202 Å². The van der Waals surface area contributed by atoms with Crippen LogP contribution in [0, 0.1) is 118 Å². The topological polar surface area (TPSA) is 210 Å². The monoisotopic (exact) mass is 1390 g/mol. The predicted molar refractivity (Wildman–Crippen MR) is 358 cm³/mol. The molecule has 4 heterocycles. The summed E-state index contributed by atoms with van der Waals surface area (Å²) in [5.41, 5.74) is 0. The molecule has 0 radical (unpaired) electrons. The lowest BCUT2D eigenvalue weighted by atomic mass is 9.53. The van der Waals surface area contributed by atoms with Crippen LogP contribution in [0.2, 0.25) is 0 Å². The highest BCUT2D eigenvalue weighted by Gasteiger charge is 2.72. The molecule has 2 N–H and O–H groups in total. The number of nitrogens with zero attached hydrogens (tertiary/aromatic N) is 2. The number of hydrogen-bond acceptors (Lipinski definition) is 16. The maximum absolute atomic E-state index is 14.9. The largest absolute Gasteiger partial charge is 0.356 e. The summed E-state index contributed by atoms with van der Waals surface area (Å²) in [6.45, 7) is 3.42. The van der Waals surface area contributed by atoms with Crippen LogP contribution in [0.5, 0.6) is 0 Å². The Hall–Kier alpha value is -2.60. The number of rotatable bonds is 19. The molecule has 100 heavy (non-hydrogen) atoms. The molecule has 0 aromatic carbocycles. The van der Waals surface area contributed by atoms with Crippen molar-refractivity contribution in [2.45, 2.75) is 316 Å². The number of amides is 4. The van der Waals surface area contributed by atoms with E-state index in [4.69, 9.17) is 58.0 Å². The molecule has 20 saturated carbocycles. The Morgan fingerprint density at radius 1 is 0.270 bits per heavy atom. The first kappa shape index (κ1) is 66.8. The summed E-state index contributed by atoms with van der Waals surface area (Å²) < 4.78 is 28.2. The van der Waals surface area contributed by atoms with Gasteiger partial charge in [-0.25, -0.2) is 0 Å². The number of nitrogens with one attached hydrogen (secondary N) is 2. The van der Waals surface area contributed by atoms with Crippen molar-refractivity contribution in [1.82, 2.24) is 20.4 Å². The summed E-state index contributed by atoms with van der Waals surface area (Å²) in [5, 5.41) is 6.59.